The smallest absolute Gasteiger partial charge is 0.0393 e. The Balaban J connectivity index is 2.02. The molecule has 0 amide bonds. The van der Waals surface area contributed by atoms with Crippen LogP contribution in [0.25, 0.3) is 0 Å². The van der Waals surface area contributed by atoms with Crippen molar-refractivity contribution < 1.29 is 0 Å². The summed E-state index contributed by atoms with van der Waals surface area (Å²) in [5, 5.41) is 3.68. The summed E-state index contributed by atoms with van der Waals surface area (Å²) in [7, 11) is 0. The molecule has 2 unspecified atom stereocenters. The standard InChI is InChI=1S/C14H22N2/c1-3-12-6-4-5-7-14(12)16-13-8-9-15-11(2)10-13/h8-10,12,14H,3-7H2,1-2H3,(H,15,16). The number of nitrogens with one attached hydrogen (secondary N) is 1. The van der Waals surface area contributed by atoms with E-state index >= 15 is 0 Å². The minimum atomic E-state index is 0.667. The van der Waals surface area contributed by atoms with Gasteiger partial charge in [0, 0.05) is 23.6 Å². The molecule has 0 radical (unpaired) electrons. The van der Waals surface area contributed by atoms with Gasteiger partial charge in [0.05, 0.1) is 0 Å². The van der Waals surface area contributed by atoms with Gasteiger partial charge in [0.15, 0.2) is 0 Å². The largest absolute Gasteiger partial charge is 0.382 e. The van der Waals surface area contributed by atoms with Crippen molar-refractivity contribution in [2.75, 3.05) is 5.32 Å². The summed E-state index contributed by atoms with van der Waals surface area (Å²) in [6, 6.07) is 4.89. The fourth-order valence-corrected chi connectivity index (χ4v) is 2.74. The fourth-order valence-electron chi connectivity index (χ4n) is 2.74. The molecule has 0 aromatic carbocycles. The zero-order valence-corrected chi connectivity index (χ0v) is 10.4. The van der Waals surface area contributed by atoms with Crippen LogP contribution in [0.3, 0.4) is 0 Å². The maximum atomic E-state index is 4.23. The van der Waals surface area contributed by atoms with Gasteiger partial charge >= 0.3 is 0 Å². The van der Waals surface area contributed by atoms with Crippen molar-refractivity contribution in [1.29, 1.82) is 0 Å². The zero-order valence-electron chi connectivity index (χ0n) is 10.4. The summed E-state index contributed by atoms with van der Waals surface area (Å²) in [4.78, 5) is 4.23. The molecule has 88 valence electrons. The first-order valence-corrected chi connectivity index (χ1v) is 6.49. The van der Waals surface area contributed by atoms with Crippen LogP contribution >= 0.6 is 0 Å². The number of rotatable bonds is 3. The highest BCUT2D eigenvalue weighted by molar-refractivity contribution is 5.44. The average Bonchev–Trinajstić information content (AvgIpc) is 2.30. The van der Waals surface area contributed by atoms with E-state index in [4.69, 9.17) is 0 Å². The van der Waals surface area contributed by atoms with E-state index < -0.39 is 0 Å². The summed E-state index contributed by atoms with van der Waals surface area (Å²) in [5.41, 5.74) is 2.33. The van der Waals surface area contributed by atoms with Crippen LogP contribution in [0.1, 0.15) is 44.7 Å². The quantitative estimate of drug-likeness (QED) is 0.835. The van der Waals surface area contributed by atoms with Gasteiger partial charge in [-0.3, -0.25) is 4.98 Å². The van der Waals surface area contributed by atoms with Crippen molar-refractivity contribution in [2.45, 2.75) is 52.0 Å². The van der Waals surface area contributed by atoms with Gasteiger partial charge in [0.1, 0.15) is 0 Å². The first kappa shape index (κ1) is 11.4. The monoisotopic (exact) mass is 218 g/mol. The minimum absolute atomic E-state index is 0.667. The van der Waals surface area contributed by atoms with E-state index in [1.807, 2.05) is 13.1 Å². The molecule has 0 saturated heterocycles. The third-order valence-corrected chi connectivity index (χ3v) is 3.68. The molecule has 1 heterocycles. The van der Waals surface area contributed by atoms with E-state index in [0.717, 1.165) is 11.6 Å². The van der Waals surface area contributed by atoms with Gasteiger partial charge in [-0.2, -0.15) is 0 Å². The van der Waals surface area contributed by atoms with Gasteiger partial charge < -0.3 is 5.32 Å². The van der Waals surface area contributed by atoms with Crippen LogP contribution in [0.5, 0.6) is 0 Å². The van der Waals surface area contributed by atoms with Gasteiger partial charge in [-0.15, -0.1) is 0 Å². The number of hydrogen-bond donors (Lipinski definition) is 1. The van der Waals surface area contributed by atoms with Gasteiger partial charge in [0.2, 0.25) is 0 Å². The zero-order chi connectivity index (χ0) is 11.4. The highest BCUT2D eigenvalue weighted by Crippen LogP contribution is 2.29. The van der Waals surface area contributed by atoms with Crippen molar-refractivity contribution >= 4 is 5.69 Å². The Labute approximate surface area is 98.5 Å². The average molecular weight is 218 g/mol. The fraction of sp³-hybridized carbons (Fsp3) is 0.643. The van der Waals surface area contributed by atoms with Gasteiger partial charge in [-0.25, -0.2) is 0 Å². The molecular weight excluding hydrogens is 196 g/mol. The second kappa shape index (κ2) is 5.33. The van der Waals surface area contributed by atoms with Crippen molar-refractivity contribution in [2.24, 2.45) is 5.92 Å². The van der Waals surface area contributed by atoms with Gasteiger partial charge in [0.25, 0.3) is 0 Å². The Kier molecular flexibility index (Phi) is 3.81. The maximum Gasteiger partial charge on any atom is 0.0393 e. The van der Waals surface area contributed by atoms with Crippen LogP contribution in [0, 0.1) is 12.8 Å². The lowest BCUT2D eigenvalue weighted by Crippen LogP contribution is -2.31. The Bertz CT molecular complexity index is 335. The van der Waals surface area contributed by atoms with Crippen LogP contribution in [0.2, 0.25) is 0 Å². The van der Waals surface area contributed by atoms with Gasteiger partial charge in [-0.1, -0.05) is 26.2 Å². The Hall–Kier alpha value is -1.05. The number of pyridine rings is 1. The summed E-state index contributed by atoms with van der Waals surface area (Å²) in [6.07, 6.45) is 8.67. The van der Waals surface area contributed by atoms with Crippen LogP contribution in [0.15, 0.2) is 18.3 Å². The topological polar surface area (TPSA) is 24.9 Å². The molecule has 1 fully saturated rings. The normalized spacial score (nSPS) is 25.4. The molecule has 1 aliphatic carbocycles. The van der Waals surface area contributed by atoms with Crippen molar-refractivity contribution in [3.05, 3.63) is 24.0 Å². The molecule has 1 N–H and O–H groups in total. The van der Waals surface area contributed by atoms with E-state index in [0.29, 0.717) is 6.04 Å². The lowest BCUT2D eigenvalue weighted by molar-refractivity contribution is 0.317. The van der Waals surface area contributed by atoms with Crippen LogP contribution in [-0.2, 0) is 0 Å². The van der Waals surface area contributed by atoms with Crippen molar-refractivity contribution in [3.8, 4) is 0 Å². The Morgan fingerprint density at radius 2 is 2.19 bits per heavy atom. The van der Waals surface area contributed by atoms with Gasteiger partial charge in [-0.05, 0) is 37.8 Å². The van der Waals surface area contributed by atoms with Crippen LogP contribution < -0.4 is 5.32 Å². The number of nitrogens with zero attached hydrogens (tertiary/aromatic N) is 1. The molecule has 0 spiro atoms. The molecule has 1 aromatic rings. The lowest BCUT2D eigenvalue weighted by Gasteiger charge is -2.32. The SMILES string of the molecule is CCC1CCCCC1Nc1ccnc(C)c1. The Morgan fingerprint density at radius 3 is 2.94 bits per heavy atom. The number of aromatic nitrogens is 1. The predicted octanol–water partition coefficient (Wildman–Crippen LogP) is 3.77. The second-order valence-electron chi connectivity index (χ2n) is 4.89. The molecule has 2 atom stereocenters. The number of anilines is 1. The molecule has 16 heavy (non-hydrogen) atoms. The second-order valence-corrected chi connectivity index (χ2v) is 4.89. The van der Waals surface area contributed by atoms with Crippen molar-refractivity contribution in [1.82, 2.24) is 4.98 Å². The van der Waals surface area contributed by atoms with E-state index in [9.17, 15) is 0 Å². The minimum Gasteiger partial charge on any atom is -0.382 e. The summed E-state index contributed by atoms with van der Waals surface area (Å²) in [5.74, 6) is 0.849. The van der Waals surface area contributed by atoms with E-state index in [2.05, 4.69) is 29.4 Å². The summed E-state index contributed by atoms with van der Waals surface area (Å²) < 4.78 is 0. The molecule has 0 bridgehead atoms. The van der Waals surface area contributed by atoms with E-state index in [-0.39, 0.29) is 0 Å². The first-order valence-electron chi connectivity index (χ1n) is 6.49. The molecule has 1 aliphatic rings. The van der Waals surface area contributed by atoms with E-state index in [1.54, 1.807) is 0 Å². The molecule has 2 heteroatoms. The summed E-state index contributed by atoms with van der Waals surface area (Å²) >= 11 is 0. The highest BCUT2D eigenvalue weighted by atomic mass is 14.9. The molecular formula is C14H22N2. The molecule has 2 rings (SSSR count). The summed E-state index contributed by atoms with van der Waals surface area (Å²) in [6.45, 7) is 4.35. The first-order chi connectivity index (χ1) is 7.79. The number of aryl methyl sites for hydroxylation is 1. The van der Waals surface area contributed by atoms with Crippen LogP contribution in [0.4, 0.5) is 5.69 Å². The van der Waals surface area contributed by atoms with Crippen molar-refractivity contribution in [3.63, 3.8) is 0 Å². The number of hydrogen-bond acceptors (Lipinski definition) is 2. The van der Waals surface area contributed by atoms with E-state index in [1.165, 1.54) is 37.8 Å². The predicted molar refractivity (Wildman–Crippen MR) is 68.6 cm³/mol. The highest BCUT2D eigenvalue weighted by Gasteiger charge is 2.23. The van der Waals surface area contributed by atoms with Crippen LogP contribution in [-0.4, -0.2) is 11.0 Å². The molecule has 1 saturated carbocycles. The molecule has 1 aromatic heterocycles. The molecule has 0 aliphatic heterocycles. The lowest BCUT2D eigenvalue weighted by atomic mass is 9.83. The Morgan fingerprint density at radius 1 is 1.38 bits per heavy atom. The molecule has 2 nitrogen and oxygen atoms in total. The maximum absolute atomic E-state index is 4.23. The third-order valence-electron chi connectivity index (χ3n) is 3.68. The third kappa shape index (κ3) is 2.75.